The summed E-state index contributed by atoms with van der Waals surface area (Å²) in [5.41, 5.74) is 4.33. The fourth-order valence-electron chi connectivity index (χ4n) is 4.13. The van der Waals surface area contributed by atoms with E-state index in [9.17, 15) is 4.79 Å². The van der Waals surface area contributed by atoms with Gasteiger partial charge in [-0.3, -0.25) is 4.79 Å². The minimum absolute atomic E-state index is 0.0784. The highest BCUT2D eigenvalue weighted by atomic mass is 79.9. The molecule has 0 unspecified atom stereocenters. The van der Waals surface area contributed by atoms with Crippen molar-refractivity contribution in [3.63, 3.8) is 0 Å². The van der Waals surface area contributed by atoms with Crippen molar-refractivity contribution in [1.82, 2.24) is 5.32 Å². The lowest BCUT2D eigenvalue weighted by atomic mass is 9.72. The molecule has 6 heteroatoms. The molecular weight excluding hydrogens is 484 g/mol. The number of carbonyl (C=O) groups is 1. The molecule has 2 heterocycles. The van der Waals surface area contributed by atoms with Gasteiger partial charge in [0.05, 0.1) is 18.4 Å². The van der Waals surface area contributed by atoms with Gasteiger partial charge in [-0.2, -0.15) is 0 Å². The summed E-state index contributed by atoms with van der Waals surface area (Å²) in [7, 11) is 0. The van der Waals surface area contributed by atoms with Crippen LogP contribution in [0.1, 0.15) is 64.9 Å². The van der Waals surface area contributed by atoms with Gasteiger partial charge in [0.25, 0.3) is 5.91 Å². The second-order valence-corrected chi connectivity index (χ2v) is 11.5. The molecule has 4 nitrogen and oxygen atoms in total. The highest BCUT2D eigenvalue weighted by Gasteiger charge is 2.33. The van der Waals surface area contributed by atoms with Crippen LogP contribution < -0.4 is 5.32 Å². The van der Waals surface area contributed by atoms with Crippen LogP contribution in [-0.4, -0.2) is 12.1 Å². The predicted molar refractivity (Wildman–Crippen MR) is 135 cm³/mol. The highest BCUT2D eigenvalue weighted by molar-refractivity contribution is 9.10. The molecule has 0 fully saturated rings. The van der Waals surface area contributed by atoms with E-state index in [1.165, 1.54) is 16.0 Å². The average Bonchev–Trinajstić information content (AvgIpc) is 3.39. The number of aryl methyl sites for hydroxylation is 1. The van der Waals surface area contributed by atoms with Gasteiger partial charge in [-0.05, 0) is 72.4 Å². The number of hydrogen-bond donors (Lipinski definition) is 1. The number of fused-ring (bicyclic) bond motifs is 1. The number of aliphatic imine (C=N–C) groups is 1. The van der Waals surface area contributed by atoms with Crippen molar-refractivity contribution >= 4 is 44.4 Å². The number of carbonyl (C=O) groups excluding carboxylic acids is 1. The van der Waals surface area contributed by atoms with Crippen molar-refractivity contribution in [2.75, 3.05) is 0 Å². The van der Waals surface area contributed by atoms with Crippen molar-refractivity contribution in [2.24, 2.45) is 16.3 Å². The number of thiophene rings is 1. The molecule has 1 aliphatic carbocycles. The van der Waals surface area contributed by atoms with Crippen LogP contribution in [0.3, 0.4) is 0 Å². The molecule has 0 spiro atoms. The number of benzene rings is 1. The van der Waals surface area contributed by atoms with Crippen LogP contribution in [-0.2, 0) is 19.4 Å². The van der Waals surface area contributed by atoms with E-state index in [4.69, 9.17) is 9.41 Å². The van der Waals surface area contributed by atoms with Crippen LogP contribution in [0.2, 0.25) is 0 Å². The Hall–Kier alpha value is -2.18. The summed E-state index contributed by atoms with van der Waals surface area (Å²) in [6, 6.07) is 9.86. The van der Waals surface area contributed by atoms with E-state index < -0.39 is 0 Å². The van der Waals surface area contributed by atoms with Gasteiger partial charge in [0.2, 0.25) is 0 Å². The van der Waals surface area contributed by atoms with Crippen LogP contribution in [0.25, 0.3) is 0 Å². The molecule has 0 bridgehead atoms. The molecular formula is C26H29BrN2O2S. The van der Waals surface area contributed by atoms with E-state index in [2.05, 4.69) is 61.1 Å². The molecule has 0 aliphatic heterocycles. The molecule has 0 saturated heterocycles. The summed E-state index contributed by atoms with van der Waals surface area (Å²) in [5, 5.41) is 3.82. The molecule has 2 aromatic heterocycles. The molecule has 1 atom stereocenters. The Labute approximate surface area is 202 Å². The van der Waals surface area contributed by atoms with Gasteiger partial charge < -0.3 is 9.73 Å². The van der Waals surface area contributed by atoms with E-state index in [1.54, 1.807) is 17.6 Å². The van der Waals surface area contributed by atoms with Gasteiger partial charge in [0, 0.05) is 15.6 Å². The van der Waals surface area contributed by atoms with Crippen LogP contribution in [0.4, 0.5) is 5.00 Å². The summed E-state index contributed by atoms with van der Waals surface area (Å²) < 4.78 is 6.43. The van der Waals surface area contributed by atoms with Crippen molar-refractivity contribution in [3.05, 3.63) is 74.0 Å². The van der Waals surface area contributed by atoms with Crippen molar-refractivity contribution < 1.29 is 9.21 Å². The van der Waals surface area contributed by atoms with Crippen LogP contribution in [0.15, 0.2) is 50.5 Å². The molecule has 1 aliphatic rings. The Morgan fingerprint density at radius 3 is 2.84 bits per heavy atom. The summed E-state index contributed by atoms with van der Waals surface area (Å²) in [4.78, 5) is 19.4. The molecule has 1 N–H and O–H groups in total. The van der Waals surface area contributed by atoms with Gasteiger partial charge in [-0.15, -0.1) is 11.3 Å². The van der Waals surface area contributed by atoms with Crippen LogP contribution in [0.5, 0.6) is 0 Å². The number of rotatable bonds is 5. The quantitative estimate of drug-likeness (QED) is 0.366. The normalized spacial score (nSPS) is 16.3. The Morgan fingerprint density at radius 1 is 1.34 bits per heavy atom. The second kappa shape index (κ2) is 9.36. The van der Waals surface area contributed by atoms with Gasteiger partial charge in [0.1, 0.15) is 10.8 Å². The number of nitrogens with one attached hydrogen (secondary N) is 1. The lowest BCUT2D eigenvalue weighted by molar-refractivity contribution is 0.0947. The molecule has 4 rings (SSSR count). The average molecular weight is 514 g/mol. The molecule has 1 amide bonds. The molecule has 0 saturated carbocycles. The first-order valence-corrected chi connectivity index (χ1v) is 12.6. The van der Waals surface area contributed by atoms with Crippen LogP contribution >= 0.6 is 27.3 Å². The van der Waals surface area contributed by atoms with E-state index in [1.807, 2.05) is 24.4 Å². The number of hydrogen-bond acceptors (Lipinski definition) is 4. The zero-order chi connectivity index (χ0) is 22.9. The monoisotopic (exact) mass is 512 g/mol. The van der Waals surface area contributed by atoms with E-state index >= 15 is 0 Å². The van der Waals surface area contributed by atoms with Gasteiger partial charge in [-0.1, -0.05) is 48.8 Å². The molecule has 1 aromatic carbocycles. The van der Waals surface area contributed by atoms with Crippen molar-refractivity contribution in [3.8, 4) is 0 Å². The SMILES string of the molecule is Cc1ccc(C=Nc2sc3c(c2C(=O)NCc2ccco2)CC[C@H](C(C)(C)C)C3)cc1Br. The Bertz CT molecular complexity index is 1140. The second-order valence-electron chi connectivity index (χ2n) is 9.52. The third kappa shape index (κ3) is 5.07. The molecule has 0 radical (unpaired) electrons. The lowest BCUT2D eigenvalue weighted by Crippen LogP contribution is -2.28. The summed E-state index contributed by atoms with van der Waals surface area (Å²) in [5.74, 6) is 1.27. The highest BCUT2D eigenvalue weighted by Crippen LogP contribution is 2.45. The lowest BCUT2D eigenvalue weighted by Gasteiger charge is -2.33. The zero-order valence-electron chi connectivity index (χ0n) is 19.0. The fraction of sp³-hybridized carbons (Fsp3) is 0.385. The maximum atomic E-state index is 13.3. The summed E-state index contributed by atoms with van der Waals surface area (Å²) in [6.07, 6.45) is 6.50. The van der Waals surface area contributed by atoms with E-state index in [0.717, 1.165) is 45.6 Å². The molecule has 168 valence electrons. The zero-order valence-corrected chi connectivity index (χ0v) is 21.4. The first-order valence-electron chi connectivity index (χ1n) is 11.0. The standard InChI is InChI=1S/C26H29BrN2O2S/c1-16-7-8-17(12-21(16)27)14-29-25-23(24(30)28-15-19-6-5-11-31-19)20-10-9-18(26(2,3)4)13-22(20)32-25/h5-8,11-12,14,18H,9-10,13,15H2,1-4H3,(H,28,30)/t18-/m0/s1. The number of nitrogens with zero attached hydrogens (tertiary/aromatic N) is 1. The van der Waals surface area contributed by atoms with Crippen molar-refractivity contribution in [2.45, 2.75) is 53.5 Å². The number of amides is 1. The van der Waals surface area contributed by atoms with Gasteiger partial charge in [0.15, 0.2) is 0 Å². The topological polar surface area (TPSA) is 54.6 Å². The van der Waals surface area contributed by atoms with Crippen molar-refractivity contribution in [1.29, 1.82) is 0 Å². The third-order valence-corrected chi connectivity index (χ3v) is 8.25. The van der Waals surface area contributed by atoms with E-state index in [-0.39, 0.29) is 11.3 Å². The minimum Gasteiger partial charge on any atom is -0.467 e. The summed E-state index contributed by atoms with van der Waals surface area (Å²) >= 11 is 5.25. The number of halogens is 1. The molecule has 3 aromatic rings. The largest absolute Gasteiger partial charge is 0.467 e. The Balaban J connectivity index is 1.66. The van der Waals surface area contributed by atoms with Crippen LogP contribution in [0, 0.1) is 18.3 Å². The molecule has 32 heavy (non-hydrogen) atoms. The Morgan fingerprint density at radius 2 is 2.16 bits per heavy atom. The maximum Gasteiger partial charge on any atom is 0.255 e. The maximum absolute atomic E-state index is 13.3. The smallest absolute Gasteiger partial charge is 0.255 e. The predicted octanol–water partition coefficient (Wildman–Crippen LogP) is 7.24. The first kappa shape index (κ1) is 23.0. The fourth-order valence-corrected chi connectivity index (χ4v) is 5.79. The third-order valence-electron chi connectivity index (χ3n) is 6.23. The Kier molecular flexibility index (Phi) is 6.72. The first-order chi connectivity index (χ1) is 15.2. The number of furan rings is 1. The summed E-state index contributed by atoms with van der Waals surface area (Å²) in [6.45, 7) is 9.35. The van der Waals surface area contributed by atoms with Gasteiger partial charge >= 0.3 is 0 Å². The van der Waals surface area contributed by atoms with Gasteiger partial charge in [-0.25, -0.2) is 4.99 Å². The minimum atomic E-state index is -0.0784. The van der Waals surface area contributed by atoms with E-state index in [0.29, 0.717) is 12.5 Å².